The number of imide groups is 1. The average molecular weight is 198 g/mol. The van der Waals surface area contributed by atoms with E-state index in [0.29, 0.717) is 6.42 Å². The van der Waals surface area contributed by atoms with E-state index in [1.807, 2.05) is 27.7 Å². The number of urea groups is 1. The highest BCUT2D eigenvalue weighted by Crippen LogP contribution is 2.20. The van der Waals surface area contributed by atoms with Crippen LogP contribution in [0.5, 0.6) is 0 Å². The topological polar surface area (TPSA) is 49.4 Å². The Morgan fingerprint density at radius 2 is 2.00 bits per heavy atom. The van der Waals surface area contributed by atoms with E-state index in [4.69, 9.17) is 0 Å². The van der Waals surface area contributed by atoms with Gasteiger partial charge in [0.1, 0.15) is 0 Å². The van der Waals surface area contributed by atoms with Crippen LogP contribution in [-0.4, -0.2) is 28.4 Å². The summed E-state index contributed by atoms with van der Waals surface area (Å²) in [4.78, 5) is 24.6. The van der Waals surface area contributed by atoms with Crippen molar-refractivity contribution in [3.05, 3.63) is 0 Å². The van der Waals surface area contributed by atoms with Gasteiger partial charge in [0.15, 0.2) is 0 Å². The zero-order valence-corrected chi connectivity index (χ0v) is 9.26. The summed E-state index contributed by atoms with van der Waals surface area (Å²) >= 11 is 0. The fourth-order valence-electron chi connectivity index (χ4n) is 1.63. The molecule has 1 fully saturated rings. The van der Waals surface area contributed by atoms with Crippen molar-refractivity contribution in [2.75, 3.05) is 0 Å². The molecule has 1 aliphatic rings. The normalized spacial score (nSPS) is 23.7. The van der Waals surface area contributed by atoms with Gasteiger partial charge in [-0.2, -0.15) is 0 Å². The minimum absolute atomic E-state index is 0.00796. The van der Waals surface area contributed by atoms with Gasteiger partial charge in [0.05, 0.1) is 0 Å². The van der Waals surface area contributed by atoms with Gasteiger partial charge in [0.25, 0.3) is 0 Å². The summed E-state index contributed by atoms with van der Waals surface area (Å²) in [6.45, 7) is 7.54. The highest BCUT2D eigenvalue weighted by molar-refractivity contribution is 5.98. The molecule has 1 N–H and O–H groups in total. The molecule has 14 heavy (non-hydrogen) atoms. The summed E-state index contributed by atoms with van der Waals surface area (Å²) in [6.07, 6.45) is 1.22. The smallest absolute Gasteiger partial charge is 0.324 e. The number of hydrogen-bond acceptors (Lipinski definition) is 2. The minimum atomic E-state index is -0.431. The number of nitrogens with zero attached hydrogens (tertiary/aromatic N) is 1. The first-order valence-corrected chi connectivity index (χ1v) is 4.99. The van der Waals surface area contributed by atoms with Crippen molar-refractivity contribution in [1.82, 2.24) is 10.2 Å². The van der Waals surface area contributed by atoms with Crippen LogP contribution in [0.2, 0.25) is 0 Å². The summed E-state index contributed by atoms with van der Waals surface area (Å²) in [5.41, 5.74) is -0.431. The Balaban J connectivity index is 2.81. The molecule has 80 valence electrons. The predicted molar refractivity (Wildman–Crippen MR) is 53.8 cm³/mol. The lowest BCUT2D eigenvalue weighted by atomic mass is 10.0. The lowest BCUT2D eigenvalue weighted by Crippen LogP contribution is -2.60. The Morgan fingerprint density at radius 3 is 2.36 bits per heavy atom. The molecular formula is C10H18N2O2. The summed E-state index contributed by atoms with van der Waals surface area (Å²) < 4.78 is 0. The lowest BCUT2D eigenvalue weighted by molar-refractivity contribution is -0.134. The maximum absolute atomic E-state index is 11.7. The summed E-state index contributed by atoms with van der Waals surface area (Å²) in [5, 5.41) is 2.82. The van der Waals surface area contributed by atoms with Crippen LogP contribution in [0.3, 0.4) is 0 Å². The fraction of sp³-hybridized carbons (Fsp3) is 0.800. The van der Waals surface area contributed by atoms with E-state index in [-0.39, 0.29) is 18.0 Å². The molecule has 0 aromatic rings. The van der Waals surface area contributed by atoms with E-state index in [9.17, 15) is 9.59 Å². The molecule has 1 unspecified atom stereocenters. The Hall–Kier alpha value is -1.06. The molecule has 0 saturated carbocycles. The van der Waals surface area contributed by atoms with Crippen molar-refractivity contribution in [3.8, 4) is 0 Å². The molecule has 0 aromatic heterocycles. The van der Waals surface area contributed by atoms with Crippen LogP contribution in [0.25, 0.3) is 0 Å². The van der Waals surface area contributed by atoms with Gasteiger partial charge < -0.3 is 5.32 Å². The van der Waals surface area contributed by atoms with E-state index in [0.717, 1.165) is 6.42 Å². The van der Waals surface area contributed by atoms with E-state index >= 15 is 0 Å². The standard InChI is InChI=1S/C10H18N2O2/c1-5-7-6-8(13)12(9(14)11-7)10(2,3)4/h7H,5-6H2,1-4H3,(H,11,14). The Kier molecular flexibility index (Phi) is 2.83. The third-order valence-corrected chi connectivity index (χ3v) is 2.36. The molecule has 4 nitrogen and oxygen atoms in total. The van der Waals surface area contributed by atoms with Crippen LogP contribution in [0.15, 0.2) is 0 Å². The molecule has 0 radical (unpaired) electrons. The third kappa shape index (κ3) is 2.05. The number of hydrogen-bond donors (Lipinski definition) is 1. The number of carbonyl (C=O) groups is 2. The van der Waals surface area contributed by atoms with Crippen LogP contribution < -0.4 is 5.32 Å². The van der Waals surface area contributed by atoms with E-state index in [1.54, 1.807) is 0 Å². The monoisotopic (exact) mass is 198 g/mol. The van der Waals surface area contributed by atoms with Crippen LogP contribution >= 0.6 is 0 Å². The van der Waals surface area contributed by atoms with Gasteiger partial charge >= 0.3 is 6.03 Å². The molecule has 1 aliphatic heterocycles. The number of carbonyl (C=O) groups excluding carboxylic acids is 2. The molecule has 3 amide bonds. The molecule has 1 atom stereocenters. The Bertz CT molecular complexity index is 237. The van der Waals surface area contributed by atoms with Gasteiger partial charge in [-0.3, -0.25) is 9.69 Å². The van der Waals surface area contributed by atoms with Crippen molar-refractivity contribution in [2.24, 2.45) is 0 Å². The summed E-state index contributed by atoms with van der Waals surface area (Å²) in [6, 6.07) is -0.255. The van der Waals surface area contributed by atoms with Crippen molar-refractivity contribution in [1.29, 1.82) is 0 Å². The molecular weight excluding hydrogens is 180 g/mol. The van der Waals surface area contributed by atoms with Crippen molar-refractivity contribution in [3.63, 3.8) is 0 Å². The summed E-state index contributed by atoms with van der Waals surface area (Å²) in [7, 11) is 0. The highest BCUT2D eigenvalue weighted by atomic mass is 16.2. The first-order valence-electron chi connectivity index (χ1n) is 4.99. The second-order valence-electron chi connectivity index (χ2n) is 4.66. The van der Waals surface area contributed by atoms with Crippen LogP contribution in [-0.2, 0) is 4.79 Å². The summed E-state index contributed by atoms with van der Waals surface area (Å²) in [5.74, 6) is -0.0758. The SMILES string of the molecule is CCC1CC(=O)N(C(C)(C)C)C(=O)N1. The van der Waals surface area contributed by atoms with Crippen molar-refractivity contribution < 1.29 is 9.59 Å². The first-order chi connectivity index (χ1) is 6.36. The van der Waals surface area contributed by atoms with Gasteiger partial charge in [-0.15, -0.1) is 0 Å². The zero-order valence-electron chi connectivity index (χ0n) is 9.26. The molecule has 0 bridgehead atoms. The second-order valence-corrected chi connectivity index (χ2v) is 4.66. The van der Waals surface area contributed by atoms with Crippen LogP contribution in [0.4, 0.5) is 4.79 Å². The van der Waals surface area contributed by atoms with Crippen LogP contribution in [0, 0.1) is 0 Å². The van der Waals surface area contributed by atoms with E-state index < -0.39 is 5.54 Å². The molecule has 1 heterocycles. The van der Waals surface area contributed by atoms with Gasteiger partial charge in [0, 0.05) is 18.0 Å². The van der Waals surface area contributed by atoms with Crippen molar-refractivity contribution >= 4 is 11.9 Å². The maximum atomic E-state index is 11.7. The van der Waals surface area contributed by atoms with Gasteiger partial charge in [-0.1, -0.05) is 6.92 Å². The molecule has 4 heteroatoms. The number of nitrogens with one attached hydrogen (secondary N) is 1. The molecule has 0 spiro atoms. The van der Waals surface area contributed by atoms with E-state index in [2.05, 4.69) is 5.32 Å². The molecule has 1 rings (SSSR count). The molecule has 1 saturated heterocycles. The van der Waals surface area contributed by atoms with Gasteiger partial charge in [0.2, 0.25) is 5.91 Å². The quantitative estimate of drug-likeness (QED) is 0.694. The largest absolute Gasteiger partial charge is 0.334 e. The number of amides is 3. The lowest BCUT2D eigenvalue weighted by Gasteiger charge is -2.39. The minimum Gasteiger partial charge on any atom is -0.334 e. The van der Waals surface area contributed by atoms with Crippen molar-refractivity contribution in [2.45, 2.75) is 52.1 Å². The Labute approximate surface area is 84.7 Å². The van der Waals surface area contributed by atoms with E-state index in [1.165, 1.54) is 4.90 Å². The molecule has 0 aliphatic carbocycles. The second kappa shape index (κ2) is 3.59. The maximum Gasteiger partial charge on any atom is 0.324 e. The van der Waals surface area contributed by atoms with Gasteiger partial charge in [-0.25, -0.2) is 4.79 Å². The number of rotatable bonds is 1. The Morgan fingerprint density at radius 1 is 1.43 bits per heavy atom. The van der Waals surface area contributed by atoms with Crippen LogP contribution in [0.1, 0.15) is 40.5 Å². The highest BCUT2D eigenvalue weighted by Gasteiger charge is 2.37. The average Bonchev–Trinajstić information content (AvgIpc) is 1.99. The van der Waals surface area contributed by atoms with Gasteiger partial charge in [-0.05, 0) is 27.2 Å². The first kappa shape index (κ1) is 11.0. The third-order valence-electron chi connectivity index (χ3n) is 2.36. The molecule has 0 aromatic carbocycles. The zero-order chi connectivity index (χ0) is 10.9. The fourth-order valence-corrected chi connectivity index (χ4v) is 1.63. The predicted octanol–water partition coefficient (Wildman–Crippen LogP) is 1.51.